The Morgan fingerprint density at radius 2 is 1.25 bits per heavy atom. The molecule has 0 fully saturated rings. The van der Waals surface area contributed by atoms with Crippen molar-refractivity contribution >= 4 is 7.85 Å². The maximum absolute atomic E-state index is 5.38. The van der Waals surface area contributed by atoms with E-state index in [4.69, 9.17) is 7.85 Å². The van der Waals surface area contributed by atoms with Gasteiger partial charge in [0.1, 0.15) is 0 Å². The second-order valence-electron chi connectivity index (χ2n) is 2.26. The molecule has 2 radical (unpaired) electrons. The molecular weight excluding hydrogens is 143 g/mol. The first-order chi connectivity index (χ1) is 3.85. The van der Waals surface area contributed by atoms with Gasteiger partial charge in [-0.05, 0) is 5.92 Å². The monoisotopic (exact) mass is 174 g/mol. The Bertz CT molecular complexity index is 40.3. The van der Waals surface area contributed by atoms with E-state index in [1.807, 2.05) is 0 Å². The summed E-state index contributed by atoms with van der Waals surface area (Å²) >= 11 is 0. The molecule has 0 aliphatic carbocycles. The summed E-state index contributed by atoms with van der Waals surface area (Å²) in [6.45, 7) is 4.45. The molecule has 0 bridgehead atoms. The van der Waals surface area contributed by atoms with Crippen molar-refractivity contribution in [3.8, 4) is 0 Å². The van der Waals surface area contributed by atoms with Crippen LogP contribution in [0, 0.1) is 5.92 Å². The standard InChI is InChI=1S/C7H15B.4CH4/c1-3-7(4-2)5-6-8;;;;/h7H,3-6H2,1-2H3;4*1H4. The molecule has 0 nitrogen and oxygen atoms in total. The van der Waals surface area contributed by atoms with Gasteiger partial charge >= 0.3 is 0 Å². The molecule has 0 spiro atoms. The maximum atomic E-state index is 5.38. The van der Waals surface area contributed by atoms with Gasteiger partial charge < -0.3 is 0 Å². The van der Waals surface area contributed by atoms with Gasteiger partial charge in [0.25, 0.3) is 0 Å². The van der Waals surface area contributed by atoms with Crippen molar-refractivity contribution in [3.05, 3.63) is 0 Å². The molecule has 0 N–H and O–H groups in total. The van der Waals surface area contributed by atoms with Crippen LogP contribution in [0.2, 0.25) is 6.32 Å². The third kappa shape index (κ3) is 16.6. The van der Waals surface area contributed by atoms with Gasteiger partial charge in [0.15, 0.2) is 0 Å². The summed E-state index contributed by atoms with van der Waals surface area (Å²) in [4.78, 5) is 0. The topological polar surface area (TPSA) is 0 Å². The lowest BCUT2D eigenvalue weighted by molar-refractivity contribution is 0.477. The van der Waals surface area contributed by atoms with Gasteiger partial charge in [-0.3, -0.25) is 0 Å². The van der Waals surface area contributed by atoms with E-state index in [0.717, 1.165) is 12.2 Å². The van der Waals surface area contributed by atoms with Crippen LogP contribution < -0.4 is 0 Å². The van der Waals surface area contributed by atoms with Crippen LogP contribution in [-0.2, 0) is 0 Å². The third-order valence-corrected chi connectivity index (χ3v) is 1.73. The Balaban J connectivity index is -0.0000000408. The van der Waals surface area contributed by atoms with Crippen molar-refractivity contribution in [1.29, 1.82) is 0 Å². The molecule has 0 aromatic carbocycles. The van der Waals surface area contributed by atoms with Crippen molar-refractivity contribution in [2.45, 2.75) is 69.1 Å². The highest BCUT2D eigenvalue weighted by atomic mass is 14.0. The van der Waals surface area contributed by atoms with Crippen LogP contribution in [0.3, 0.4) is 0 Å². The van der Waals surface area contributed by atoms with Crippen LogP contribution in [0.5, 0.6) is 0 Å². The highest BCUT2D eigenvalue weighted by molar-refractivity contribution is 6.08. The zero-order valence-corrected chi connectivity index (χ0v) is 5.98. The van der Waals surface area contributed by atoms with Crippen LogP contribution in [0.4, 0.5) is 0 Å². The van der Waals surface area contributed by atoms with Crippen LogP contribution in [0.1, 0.15) is 62.8 Å². The van der Waals surface area contributed by atoms with E-state index in [1.54, 1.807) is 0 Å². The van der Waals surface area contributed by atoms with Crippen molar-refractivity contribution in [3.63, 3.8) is 0 Å². The fraction of sp³-hybridized carbons (Fsp3) is 1.00. The number of hydrogen-bond donors (Lipinski definition) is 0. The Morgan fingerprint density at radius 1 is 0.917 bits per heavy atom. The van der Waals surface area contributed by atoms with Gasteiger partial charge in [-0.1, -0.05) is 69.1 Å². The molecule has 1 heteroatoms. The van der Waals surface area contributed by atoms with E-state index in [2.05, 4.69) is 13.8 Å². The molecular formula is C11H31B. The van der Waals surface area contributed by atoms with Gasteiger partial charge in [-0.25, -0.2) is 0 Å². The number of hydrogen-bond acceptors (Lipinski definition) is 0. The van der Waals surface area contributed by atoms with E-state index in [0.29, 0.717) is 0 Å². The van der Waals surface area contributed by atoms with Crippen LogP contribution in [0.25, 0.3) is 0 Å². The van der Waals surface area contributed by atoms with E-state index in [-0.39, 0.29) is 29.7 Å². The lowest BCUT2D eigenvalue weighted by atomic mass is 9.90. The minimum Gasteiger partial charge on any atom is -0.0884 e. The van der Waals surface area contributed by atoms with Crippen molar-refractivity contribution in [1.82, 2.24) is 0 Å². The number of rotatable bonds is 4. The first-order valence-electron chi connectivity index (χ1n) is 3.55. The zero-order valence-electron chi connectivity index (χ0n) is 5.98. The molecule has 0 atom stereocenters. The predicted molar refractivity (Wildman–Crippen MR) is 66.2 cm³/mol. The van der Waals surface area contributed by atoms with Crippen molar-refractivity contribution < 1.29 is 0 Å². The van der Waals surface area contributed by atoms with Crippen molar-refractivity contribution in [2.24, 2.45) is 5.92 Å². The largest absolute Gasteiger partial charge is 0.0884 e. The molecule has 0 aliphatic heterocycles. The summed E-state index contributed by atoms with van der Waals surface area (Å²) in [6.07, 6.45) is 4.63. The molecule has 0 aliphatic rings. The van der Waals surface area contributed by atoms with E-state index >= 15 is 0 Å². The normalized spacial score (nSPS) is 6.92. The van der Waals surface area contributed by atoms with Crippen molar-refractivity contribution in [2.75, 3.05) is 0 Å². The van der Waals surface area contributed by atoms with E-state index in [1.165, 1.54) is 19.3 Å². The van der Waals surface area contributed by atoms with Crippen LogP contribution >= 0.6 is 0 Å². The lowest BCUT2D eigenvalue weighted by Crippen LogP contribution is -1.94. The molecule has 0 unspecified atom stereocenters. The molecule has 0 saturated carbocycles. The molecule has 0 aromatic rings. The SMILES string of the molecule is C.C.C.C.[B]CCC(CC)CC. The predicted octanol–water partition coefficient (Wildman–Crippen LogP) is 4.94. The molecule has 0 amide bonds. The molecule has 78 valence electrons. The lowest BCUT2D eigenvalue weighted by Gasteiger charge is -2.08. The fourth-order valence-corrected chi connectivity index (χ4v) is 0.933. The Labute approximate surface area is 83.6 Å². The second kappa shape index (κ2) is 22.5. The molecule has 12 heavy (non-hydrogen) atoms. The highest BCUT2D eigenvalue weighted by Crippen LogP contribution is 2.12. The average Bonchev–Trinajstić information content (AvgIpc) is 1.83. The minimum absolute atomic E-state index is 0. The maximum Gasteiger partial charge on any atom is 0.0653 e. The van der Waals surface area contributed by atoms with Gasteiger partial charge in [-0.15, -0.1) is 0 Å². The summed E-state index contributed by atoms with van der Waals surface area (Å²) in [6, 6.07) is 0. The van der Waals surface area contributed by atoms with Gasteiger partial charge in [-0.2, -0.15) is 0 Å². The van der Waals surface area contributed by atoms with Gasteiger partial charge in [0.2, 0.25) is 0 Å². The first kappa shape index (κ1) is 29.6. The zero-order chi connectivity index (χ0) is 6.41. The molecule has 0 saturated heterocycles. The summed E-state index contributed by atoms with van der Waals surface area (Å²) < 4.78 is 0. The van der Waals surface area contributed by atoms with E-state index < -0.39 is 0 Å². The molecule has 0 heterocycles. The second-order valence-corrected chi connectivity index (χ2v) is 2.26. The van der Waals surface area contributed by atoms with Gasteiger partial charge in [0.05, 0.1) is 7.85 Å². The van der Waals surface area contributed by atoms with E-state index in [9.17, 15) is 0 Å². The summed E-state index contributed by atoms with van der Waals surface area (Å²) in [7, 11) is 5.38. The minimum atomic E-state index is 0. The fourth-order valence-electron chi connectivity index (χ4n) is 0.933. The van der Waals surface area contributed by atoms with Gasteiger partial charge in [0, 0.05) is 0 Å². The quantitative estimate of drug-likeness (QED) is 0.529. The summed E-state index contributed by atoms with van der Waals surface area (Å²) in [5, 5.41) is 0. The Morgan fingerprint density at radius 3 is 1.33 bits per heavy atom. The highest BCUT2D eigenvalue weighted by Gasteiger charge is 1.98. The van der Waals surface area contributed by atoms with Crippen LogP contribution in [0.15, 0.2) is 0 Å². The third-order valence-electron chi connectivity index (χ3n) is 1.73. The summed E-state index contributed by atoms with van der Waals surface area (Å²) in [5.74, 6) is 0.875. The smallest absolute Gasteiger partial charge is 0.0653 e. The Kier molecular flexibility index (Phi) is 55.4. The summed E-state index contributed by atoms with van der Waals surface area (Å²) in [5.41, 5.74) is 0. The molecule has 0 aromatic heterocycles. The molecule has 0 rings (SSSR count). The Hall–Kier alpha value is 0.0649. The first-order valence-corrected chi connectivity index (χ1v) is 3.55. The average molecular weight is 174 g/mol. The van der Waals surface area contributed by atoms with Crippen LogP contribution in [-0.4, -0.2) is 7.85 Å².